The van der Waals surface area contributed by atoms with Crippen LogP contribution in [-0.4, -0.2) is 21.4 Å². The molecule has 7 heteroatoms. The Morgan fingerprint density at radius 1 is 1.00 bits per heavy atom. The zero-order valence-electron chi connectivity index (χ0n) is 12.9. The number of thiocarbonyl (C=S) groups is 2. The SMILES string of the molecule is C[C@]1(c2ccc(Cl)cc2)NC(=S)N2[C@@H]1NC(=S)N2c1ccccc1. The van der Waals surface area contributed by atoms with Crippen LogP contribution >= 0.6 is 36.0 Å². The zero-order chi connectivity index (χ0) is 16.9. The van der Waals surface area contributed by atoms with Crippen molar-refractivity contribution in [3.63, 3.8) is 0 Å². The number of fused-ring (bicyclic) bond motifs is 1. The van der Waals surface area contributed by atoms with Gasteiger partial charge in [-0.25, -0.2) is 10.0 Å². The van der Waals surface area contributed by atoms with Gasteiger partial charge in [-0.2, -0.15) is 0 Å². The molecule has 0 saturated carbocycles. The van der Waals surface area contributed by atoms with Gasteiger partial charge in [0, 0.05) is 5.02 Å². The van der Waals surface area contributed by atoms with Gasteiger partial charge in [-0.05, 0) is 61.2 Å². The molecule has 4 nitrogen and oxygen atoms in total. The van der Waals surface area contributed by atoms with Crippen LogP contribution in [0.5, 0.6) is 0 Å². The molecule has 0 bridgehead atoms. The molecule has 2 aliphatic heterocycles. The molecular formula is C17H15ClN4S2. The molecule has 0 amide bonds. The van der Waals surface area contributed by atoms with Gasteiger partial charge in [0.25, 0.3) is 0 Å². The molecule has 0 unspecified atom stereocenters. The van der Waals surface area contributed by atoms with Crippen LogP contribution < -0.4 is 15.6 Å². The molecule has 0 aliphatic carbocycles. The highest BCUT2D eigenvalue weighted by Crippen LogP contribution is 2.38. The number of nitrogens with one attached hydrogen (secondary N) is 2. The van der Waals surface area contributed by atoms with Crippen LogP contribution in [-0.2, 0) is 5.54 Å². The Morgan fingerprint density at radius 3 is 2.33 bits per heavy atom. The van der Waals surface area contributed by atoms with Crippen molar-refractivity contribution in [2.75, 3.05) is 5.01 Å². The molecule has 2 N–H and O–H groups in total. The first-order valence-electron chi connectivity index (χ1n) is 7.54. The van der Waals surface area contributed by atoms with E-state index in [1.165, 1.54) is 0 Å². The number of hydrogen-bond acceptors (Lipinski definition) is 2. The minimum Gasteiger partial charge on any atom is -0.348 e. The van der Waals surface area contributed by atoms with Crippen molar-refractivity contribution in [2.24, 2.45) is 0 Å². The third kappa shape index (κ3) is 2.25. The fraction of sp³-hybridized carbons (Fsp3) is 0.176. The summed E-state index contributed by atoms with van der Waals surface area (Å²) in [7, 11) is 0. The van der Waals surface area contributed by atoms with Crippen molar-refractivity contribution in [3.05, 3.63) is 65.2 Å². The van der Waals surface area contributed by atoms with Crippen molar-refractivity contribution in [2.45, 2.75) is 18.6 Å². The van der Waals surface area contributed by atoms with Crippen LogP contribution in [0.25, 0.3) is 0 Å². The quantitative estimate of drug-likeness (QED) is 0.784. The molecular weight excluding hydrogens is 360 g/mol. The summed E-state index contributed by atoms with van der Waals surface area (Å²) in [5.74, 6) is 0. The maximum Gasteiger partial charge on any atom is 0.194 e. The summed E-state index contributed by atoms with van der Waals surface area (Å²) in [6.45, 7) is 2.11. The summed E-state index contributed by atoms with van der Waals surface area (Å²) in [5.41, 5.74) is 1.64. The highest BCUT2D eigenvalue weighted by Gasteiger charge is 2.54. The molecule has 24 heavy (non-hydrogen) atoms. The van der Waals surface area contributed by atoms with E-state index in [9.17, 15) is 0 Å². The summed E-state index contributed by atoms with van der Waals surface area (Å²) < 4.78 is 0. The number of hydrazine groups is 1. The molecule has 0 spiro atoms. The Balaban J connectivity index is 1.75. The van der Waals surface area contributed by atoms with Gasteiger partial charge in [-0.3, -0.25) is 0 Å². The Kier molecular flexibility index (Phi) is 3.63. The standard InChI is InChI=1S/C17H15ClN4S2/c1-17(11-7-9-12(18)10-8-11)14-19-15(23)21(22(14)16(24)20-17)13-5-3-2-4-6-13/h2-10,14H,1H3,(H,19,23)(H,20,24)/t14-,17+/m0/s1. The summed E-state index contributed by atoms with van der Waals surface area (Å²) in [5, 5.41) is 12.8. The van der Waals surface area contributed by atoms with E-state index >= 15 is 0 Å². The molecule has 2 heterocycles. The number of halogens is 1. The van der Waals surface area contributed by atoms with E-state index in [0.29, 0.717) is 15.2 Å². The van der Waals surface area contributed by atoms with Gasteiger partial charge in [0.1, 0.15) is 5.54 Å². The van der Waals surface area contributed by atoms with E-state index in [2.05, 4.69) is 17.6 Å². The number of benzene rings is 2. The summed E-state index contributed by atoms with van der Waals surface area (Å²) >= 11 is 17.2. The fourth-order valence-corrected chi connectivity index (χ4v) is 4.06. The second-order valence-corrected chi connectivity index (χ2v) is 7.19. The van der Waals surface area contributed by atoms with Crippen LogP contribution in [0, 0.1) is 0 Å². The van der Waals surface area contributed by atoms with E-state index in [1.807, 2.05) is 64.6 Å². The molecule has 2 aromatic rings. The highest BCUT2D eigenvalue weighted by atomic mass is 35.5. The van der Waals surface area contributed by atoms with Crippen LogP contribution in [0.1, 0.15) is 12.5 Å². The number of rotatable bonds is 2. The molecule has 2 aliphatic rings. The minimum atomic E-state index is -0.421. The Labute approximate surface area is 156 Å². The lowest BCUT2D eigenvalue weighted by Crippen LogP contribution is -2.49. The zero-order valence-corrected chi connectivity index (χ0v) is 15.3. The summed E-state index contributed by atoms with van der Waals surface area (Å²) in [6.07, 6.45) is -0.112. The average molecular weight is 375 g/mol. The van der Waals surface area contributed by atoms with E-state index in [0.717, 1.165) is 11.3 Å². The molecule has 0 radical (unpaired) electrons. The summed E-state index contributed by atoms with van der Waals surface area (Å²) in [6, 6.07) is 17.8. The second-order valence-electron chi connectivity index (χ2n) is 5.98. The van der Waals surface area contributed by atoms with Crippen molar-refractivity contribution < 1.29 is 0 Å². The molecule has 2 aromatic carbocycles. The first kappa shape index (κ1) is 15.6. The second kappa shape index (κ2) is 5.58. The van der Waals surface area contributed by atoms with Crippen molar-refractivity contribution in [1.29, 1.82) is 0 Å². The summed E-state index contributed by atoms with van der Waals surface area (Å²) in [4.78, 5) is 0. The van der Waals surface area contributed by atoms with E-state index in [4.69, 9.17) is 36.0 Å². The van der Waals surface area contributed by atoms with Crippen LogP contribution in [0.15, 0.2) is 54.6 Å². The third-order valence-electron chi connectivity index (χ3n) is 4.48. The molecule has 0 aromatic heterocycles. The van der Waals surface area contributed by atoms with E-state index in [1.54, 1.807) is 0 Å². The third-order valence-corrected chi connectivity index (χ3v) is 5.31. The predicted octanol–water partition coefficient (Wildman–Crippen LogP) is 3.38. The number of anilines is 1. The monoisotopic (exact) mass is 374 g/mol. The average Bonchev–Trinajstić information content (AvgIpc) is 3.05. The normalized spacial score (nSPS) is 25.5. The fourth-order valence-electron chi connectivity index (χ4n) is 3.23. The van der Waals surface area contributed by atoms with Gasteiger partial charge in [0.15, 0.2) is 16.4 Å². The maximum absolute atomic E-state index is 6.03. The lowest BCUT2D eigenvalue weighted by atomic mass is 9.90. The Hall–Kier alpha value is -1.89. The largest absolute Gasteiger partial charge is 0.348 e. The topological polar surface area (TPSA) is 30.5 Å². The van der Waals surface area contributed by atoms with Gasteiger partial charge in [-0.15, -0.1) is 0 Å². The molecule has 2 saturated heterocycles. The smallest absolute Gasteiger partial charge is 0.194 e. The van der Waals surface area contributed by atoms with E-state index < -0.39 is 5.54 Å². The van der Waals surface area contributed by atoms with Crippen LogP contribution in [0.2, 0.25) is 5.02 Å². The molecule has 2 atom stereocenters. The van der Waals surface area contributed by atoms with Crippen molar-refractivity contribution >= 4 is 51.9 Å². The minimum absolute atomic E-state index is 0.112. The first-order valence-corrected chi connectivity index (χ1v) is 8.73. The van der Waals surface area contributed by atoms with Gasteiger partial charge in [-0.1, -0.05) is 41.9 Å². The van der Waals surface area contributed by atoms with Crippen molar-refractivity contribution in [1.82, 2.24) is 15.6 Å². The number of para-hydroxylation sites is 1. The van der Waals surface area contributed by atoms with Crippen molar-refractivity contribution in [3.8, 4) is 0 Å². The van der Waals surface area contributed by atoms with Gasteiger partial charge < -0.3 is 10.6 Å². The number of hydrogen-bond donors (Lipinski definition) is 2. The lowest BCUT2D eigenvalue weighted by molar-refractivity contribution is 0.264. The van der Waals surface area contributed by atoms with Gasteiger partial charge in [0.2, 0.25) is 0 Å². The Morgan fingerprint density at radius 2 is 1.67 bits per heavy atom. The number of nitrogens with zero attached hydrogens (tertiary/aromatic N) is 2. The highest BCUT2D eigenvalue weighted by molar-refractivity contribution is 7.81. The van der Waals surface area contributed by atoms with Crippen LogP contribution in [0.4, 0.5) is 5.69 Å². The van der Waals surface area contributed by atoms with Gasteiger partial charge in [0.05, 0.1) is 5.69 Å². The molecule has 4 rings (SSSR count). The van der Waals surface area contributed by atoms with Crippen LogP contribution in [0.3, 0.4) is 0 Å². The van der Waals surface area contributed by atoms with Gasteiger partial charge >= 0.3 is 0 Å². The maximum atomic E-state index is 6.03. The lowest BCUT2D eigenvalue weighted by Gasteiger charge is -2.31. The molecule has 2 fully saturated rings. The van der Waals surface area contributed by atoms with E-state index in [-0.39, 0.29) is 6.17 Å². The Bertz CT molecular complexity index is 811. The predicted molar refractivity (Wildman–Crippen MR) is 105 cm³/mol. The first-order chi connectivity index (χ1) is 11.5. The molecule has 122 valence electrons.